The van der Waals surface area contributed by atoms with E-state index in [4.69, 9.17) is 20.8 Å². The second-order valence-electron chi connectivity index (χ2n) is 5.76. The van der Waals surface area contributed by atoms with Crippen molar-refractivity contribution in [3.63, 3.8) is 0 Å². The third kappa shape index (κ3) is 5.73. The third-order valence-corrected chi connectivity index (χ3v) is 5.51. The Morgan fingerprint density at radius 2 is 1.96 bits per heavy atom. The summed E-state index contributed by atoms with van der Waals surface area (Å²) in [5.41, 5.74) is 0.810. The number of nitrogens with zero attached hydrogens (tertiary/aromatic N) is 3. The van der Waals surface area contributed by atoms with E-state index in [9.17, 15) is 4.79 Å². The highest BCUT2D eigenvalue weighted by atomic mass is 79.9. The maximum atomic E-state index is 12.3. The molecule has 1 heterocycles. The second-order valence-corrected chi connectivity index (χ2v) is 7.98. The Labute approximate surface area is 180 Å². The minimum atomic E-state index is -0.0506. The number of carbonyl (C=O) groups is 1. The van der Waals surface area contributed by atoms with Gasteiger partial charge in [0, 0.05) is 16.5 Å². The molecule has 0 fully saturated rings. The molecule has 0 saturated heterocycles. The van der Waals surface area contributed by atoms with Crippen LogP contribution < -0.4 is 4.74 Å². The Morgan fingerprint density at radius 1 is 1.21 bits per heavy atom. The molecule has 1 aromatic heterocycles. The van der Waals surface area contributed by atoms with Crippen LogP contribution in [0.15, 0.2) is 62.6 Å². The maximum absolute atomic E-state index is 12.3. The molecule has 146 valence electrons. The van der Waals surface area contributed by atoms with Crippen LogP contribution in [0.25, 0.3) is 11.5 Å². The van der Waals surface area contributed by atoms with Gasteiger partial charge in [0.15, 0.2) is 0 Å². The van der Waals surface area contributed by atoms with Crippen LogP contribution in [0, 0.1) is 0 Å². The molecule has 28 heavy (non-hydrogen) atoms. The van der Waals surface area contributed by atoms with Gasteiger partial charge in [-0.3, -0.25) is 4.79 Å². The number of likely N-dealkylation sites (N-methyl/N-ethyl adjacent to an activating group) is 1. The molecule has 0 bridgehead atoms. The smallest absolute Gasteiger partial charge is 0.277 e. The highest BCUT2D eigenvalue weighted by Crippen LogP contribution is 2.29. The van der Waals surface area contributed by atoms with Gasteiger partial charge in [-0.2, -0.15) is 0 Å². The summed E-state index contributed by atoms with van der Waals surface area (Å²) in [7, 11) is 1.73. The van der Waals surface area contributed by atoms with Crippen molar-refractivity contribution in [1.82, 2.24) is 15.1 Å². The summed E-state index contributed by atoms with van der Waals surface area (Å²) in [6, 6.07) is 14.7. The highest BCUT2D eigenvalue weighted by Gasteiger charge is 2.15. The summed E-state index contributed by atoms with van der Waals surface area (Å²) in [6.07, 6.45) is 0. The molecular weight excluding hydrogens is 466 g/mol. The number of hydrogen-bond acceptors (Lipinski definition) is 6. The first-order chi connectivity index (χ1) is 13.5. The number of benzene rings is 2. The van der Waals surface area contributed by atoms with Crippen molar-refractivity contribution >= 4 is 45.2 Å². The van der Waals surface area contributed by atoms with Crippen LogP contribution in [0.5, 0.6) is 5.75 Å². The zero-order valence-corrected chi connectivity index (χ0v) is 18.1. The van der Waals surface area contributed by atoms with Crippen molar-refractivity contribution in [2.75, 3.05) is 26.0 Å². The molecule has 0 spiro atoms. The monoisotopic (exact) mass is 481 g/mol. The van der Waals surface area contributed by atoms with Gasteiger partial charge in [0.2, 0.25) is 11.8 Å². The highest BCUT2D eigenvalue weighted by molar-refractivity contribution is 9.10. The Balaban J connectivity index is 1.44. The van der Waals surface area contributed by atoms with Crippen LogP contribution in [0.1, 0.15) is 0 Å². The maximum Gasteiger partial charge on any atom is 0.277 e. The van der Waals surface area contributed by atoms with E-state index in [1.165, 1.54) is 11.8 Å². The van der Waals surface area contributed by atoms with Gasteiger partial charge in [-0.1, -0.05) is 35.5 Å². The molecular formula is C19H17BrClN3O3S. The minimum absolute atomic E-state index is 0.0506. The van der Waals surface area contributed by atoms with Crippen molar-refractivity contribution in [2.45, 2.75) is 5.22 Å². The molecule has 0 saturated carbocycles. The summed E-state index contributed by atoms with van der Waals surface area (Å²) in [5, 5.41) is 9.04. The molecule has 0 radical (unpaired) electrons. The minimum Gasteiger partial charge on any atom is -0.492 e. The van der Waals surface area contributed by atoms with E-state index in [-0.39, 0.29) is 11.7 Å². The van der Waals surface area contributed by atoms with Crippen LogP contribution in [0.4, 0.5) is 0 Å². The van der Waals surface area contributed by atoms with E-state index < -0.39 is 0 Å². The van der Waals surface area contributed by atoms with Gasteiger partial charge >= 0.3 is 0 Å². The molecule has 0 aliphatic rings. The van der Waals surface area contributed by atoms with Crippen molar-refractivity contribution in [2.24, 2.45) is 0 Å². The van der Waals surface area contributed by atoms with Crippen LogP contribution in [-0.2, 0) is 4.79 Å². The zero-order valence-electron chi connectivity index (χ0n) is 15.0. The van der Waals surface area contributed by atoms with Gasteiger partial charge in [0.1, 0.15) is 12.4 Å². The Hall–Kier alpha value is -2.03. The topological polar surface area (TPSA) is 68.5 Å². The van der Waals surface area contributed by atoms with E-state index >= 15 is 0 Å². The average Bonchev–Trinajstić information content (AvgIpc) is 3.16. The van der Waals surface area contributed by atoms with E-state index in [2.05, 4.69) is 26.1 Å². The second kappa shape index (κ2) is 9.95. The number of hydrogen-bond donors (Lipinski definition) is 0. The van der Waals surface area contributed by atoms with Gasteiger partial charge in [-0.25, -0.2) is 0 Å². The van der Waals surface area contributed by atoms with Crippen molar-refractivity contribution in [3.05, 3.63) is 58.0 Å². The molecule has 0 unspecified atom stereocenters. The lowest BCUT2D eigenvalue weighted by molar-refractivity contribution is -0.127. The molecule has 9 heteroatoms. The lowest BCUT2D eigenvalue weighted by Crippen LogP contribution is -2.32. The molecule has 2 aromatic carbocycles. The molecule has 6 nitrogen and oxygen atoms in total. The number of carbonyl (C=O) groups excluding carboxylic acids is 1. The predicted molar refractivity (Wildman–Crippen MR) is 113 cm³/mol. The molecule has 3 rings (SSSR count). The first-order valence-corrected chi connectivity index (χ1v) is 10.5. The van der Waals surface area contributed by atoms with E-state index in [0.717, 1.165) is 10.0 Å². The molecule has 0 N–H and O–H groups in total. The Kier molecular flexibility index (Phi) is 7.36. The summed E-state index contributed by atoms with van der Waals surface area (Å²) in [5.74, 6) is 1.28. The van der Waals surface area contributed by atoms with Crippen LogP contribution in [0.3, 0.4) is 0 Å². The third-order valence-electron chi connectivity index (χ3n) is 3.76. The van der Waals surface area contributed by atoms with E-state index in [0.29, 0.717) is 35.0 Å². The first kappa shape index (κ1) is 20.7. The fraction of sp³-hybridized carbons (Fsp3) is 0.211. The van der Waals surface area contributed by atoms with Crippen molar-refractivity contribution < 1.29 is 13.9 Å². The Morgan fingerprint density at radius 3 is 2.71 bits per heavy atom. The van der Waals surface area contributed by atoms with Crippen molar-refractivity contribution in [3.8, 4) is 17.2 Å². The molecule has 0 aliphatic heterocycles. The summed E-state index contributed by atoms with van der Waals surface area (Å²) < 4.78 is 12.1. The van der Waals surface area contributed by atoms with Crippen molar-refractivity contribution in [1.29, 1.82) is 0 Å². The van der Waals surface area contributed by atoms with Gasteiger partial charge in [-0.15, -0.1) is 10.2 Å². The van der Waals surface area contributed by atoms with Gasteiger partial charge in [0.05, 0.1) is 17.9 Å². The molecule has 1 amide bonds. The number of thioether (sulfide) groups is 1. The quantitative estimate of drug-likeness (QED) is 0.430. The number of ether oxygens (including phenoxy) is 1. The fourth-order valence-corrected chi connectivity index (χ4v) is 3.49. The first-order valence-electron chi connectivity index (χ1n) is 8.36. The largest absolute Gasteiger partial charge is 0.492 e. The van der Waals surface area contributed by atoms with E-state index in [1.54, 1.807) is 36.2 Å². The van der Waals surface area contributed by atoms with Gasteiger partial charge in [-0.05, 0) is 52.3 Å². The standard InChI is InChI=1S/C19H17BrClN3O3S/c1-24(10-11-26-14-8-6-13(21)7-9-14)17(25)12-28-19-23-22-18(27-19)15-4-2-3-5-16(15)20/h2-9H,10-12H2,1H3. The molecule has 3 aromatic rings. The average molecular weight is 483 g/mol. The van der Waals surface area contributed by atoms with Crippen LogP contribution in [-0.4, -0.2) is 47.0 Å². The number of rotatable bonds is 8. The molecule has 0 atom stereocenters. The van der Waals surface area contributed by atoms with Crippen LogP contribution in [0.2, 0.25) is 5.02 Å². The Bertz CT molecular complexity index is 936. The fourth-order valence-electron chi connectivity index (χ4n) is 2.20. The summed E-state index contributed by atoms with van der Waals surface area (Å²) in [6.45, 7) is 0.856. The van der Waals surface area contributed by atoms with E-state index in [1.807, 2.05) is 24.3 Å². The predicted octanol–water partition coefficient (Wildman–Crippen LogP) is 4.78. The zero-order chi connectivity index (χ0) is 19.9. The lowest BCUT2D eigenvalue weighted by atomic mass is 10.2. The SMILES string of the molecule is CN(CCOc1ccc(Cl)cc1)C(=O)CSc1nnc(-c2ccccc2Br)o1. The molecule has 0 aliphatic carbocycles. The van der Waals surface area contributed by atoms with Gasteiger partial charge in [0.25, 0.3) is 5.22 Å². The summed E-state index contributed by atoms with van der Waals surface area (Å²) in [4.78, 5) is 13.9. The lowest BCUT2D eigenvalue weighted by Gasteiger charge is -2.16. The number of aromatic nitrogens is 2. The normalized spacial score (nSPS) is 10.7. The number of halogens is 2. The van der Waals surface area contributed by atoms with Crippen LogP contribution >= 0.6 is 39.3 Å². The number of amides is 1. The van der Waals surface area contributed by atoms with Gasteiger partial charge < -0.3 is 14.1 Å². The summed E-state index contributed by atoms with van der Waals surface area (Å²) >= 11 is 10.5.